The maximum absolute atomic E-state index is 11.1. The third-order valence-corrected chi connectivity index (χ3v) is 6.51. The number of anilines is 1. The molecule has 1 atom stereocenters. The number of aldehydes is 1. The lowest BCUT2D eigenvalue weighted by atomic mass is 9.93. The summed E-state index contributed by atoms with van der Waals surface area (Å²) in [5.74, 6) is 0.669. The summed E-state index contributed by atoms with van der Waals surface area (Å²) in [6.07, 6.45) is 11.4. The summed E-state index contributed by atoms with van der Waals surface area (Å²) >= 11 is 4.01. The largest absolute Gasteiger partial charge is 0.352 e. The van der Waals surface area contributed by atoms with Crippen molar-refractivity contribution in [2.45, 2.75) is 70.6 Å². The molecule has 2 heterocycles. The molecule has 1 aliphatic rings. The highest BCUT2D eigenvalue weighted by Gasteiger charge is 2.25. The quantitative estimate of drug-likeness (QED) is 0.262. The van der Waals surface area contributed by atoms with Gasteiger partial charge < -0.3 is 14.1 Å². The Morgan fingerprint density at radius 3 is 2.65 bits per heavy atom. The normalized spacial score (nSPS) is 20.0. The summed E-state index contributed by atoms with van der Waals surface area (Å²) in [4.78, 5) is 20.6. The molecule has 1 aromatic carbocycles. The van der Waals surface area contributed by atoms with Gasteiger partial charge in [0, 0.05) is 41.0 Å². The standard InChI is InChI=1S/C24H30N4O2S/c1-3-4-16(2)26-24-25-13-21-22(18-7-5-17(15-29)6-8-18)14-28(23(21)27-24)19-9-11-20(30-31)12-10-19/h5-8,13-16,19-20,31H,3-4,9-12H2,1-2H3,(H,25,26,27). The zero-order chi connectivity index (χ0) is 21.8. The van der Waals surface area contributed by atoms with E-state index in [-0.39, 0.29) is 6.10 Å². The second-order valence-corrected chi connectivity index (χ2v) is 8.70. The Bertz CT molecular complexity index is 1030. The Balaban J connectivity index is 1.74. The maximum Gasteiger partial charge on any atom is 0.224 e. The van der Waals surface area contributed by atoms with Crippen molar-refractivity contribution in [3.05, 3.63) is 42.2 Å². The molecule has 2 aromatic heterocycles. The number of rotatable bonds is 8. The van der Waals surface area contributed by atoms with Crippen LogP contribution in [0.3, 0.4) is 0 Å². The number of thiol groups is 1. The predicted molar refractivity (Wildman–Crippen MR) is 128 cm³/mol. The zero-order valence-electron chi connectivity index (χ0n) is 18.1. The van der Waals surface area contributed by atoms with E-state index in [1.165, 1.54) is 0 Å². The van der Waals surface area contributed by atoms with E-state index < -0.39 is 0 Å². The monoisotopic (exact) mass is 438 g/mol. The van der Waals surface area contributed by atoms with Crippen molar-refractivity contribution >= 4 is 36.2 Å². The Hall–Kier alpha value is -2.38. The number of fused-ring (bicyclic) bond motifs is 1. The molecule has 0 radical (unpaired) electrons. The van der Waals surface area contributed by atoms with Crippen molar-refractivity contribution < 1.29 is 8.98 Å². The summed E-state index contributed by atoms with van der Waals surface area (Å²) in [7, 11) is 0. The van der Waals surface area contributed by atoms with Gasteiger partial charge in [0.25, 0.3) is 0 Å². The summed E-state index contributed by atoms with van der Waals surface area (Å²) in [5, 5.41) is 4.47. The molecule has 164 valence electrons. The van der Waals surface area contributed by atoms with Gasteiger partial charge in [-0.2, -0.15) is 4.98 Å². The van der Waals surface area contributed by atoms with Crippen molar-refractivity contribution in [2.75, 3.05) is 5.32 Å². The fraction of sp³-hybridized carbons (Fsp3) is 0.458. The highest BCUT2D eigenvalue weighted by atomic mass is 32.1. The van der Waals surface area contributed by atoms with Gasteiger partial charge in [-0.3, -0.25) is 4.79 Å². The molecule has 6 nitrogen and oxygen atoms in total. The molecule has 0 saturated heterocycles. The van der Waals surface area contributed by atoms with Gasteiger partial charge in [0.1, 0.15) is 11.9 Å². The summed E-state index contributed by atoms with van der Waals surface area (Å²) < 4.78 is 7.58. The van der Waals surface area contributed by atoms with Crippen LogP contribution in [0.25, 0.3) is 22.2 Å². The third-order valence-electron chi connectivity index (χ3n) is 6.21. The first-order valence-corrected chi connectivity index (χ1v) is 11.5. The van der Waals surface area contributed by atoms with Crippen LogP contribution in [0.5, 0.6) is 0 Å². The van der Waals surface area contributed by atoms with Crippen LogP contribution in [0.15, 0.2) is 36.7 Å². The van der Waals surface area contributed by atoms with Crippen molar-refractivity contribution in [3.63, 3.8) is 0 Å². The average Bonchev–Trinajstić information content (AvgIpc) is 3.18. The van der Waals surface area contributed by atoms with Gasteiger partial charge in [0.05, 0.1) is 6.10 Å². The van der Waals surface area contributed by atoms with Crippen LogP contribution < -0.4 is 5.32 Å². The molecule has 31 heavy (non-hydrogen) atoms. The minimum atomic E-state index is 0.221. The van der Waals surface area contributed by atoms with Gasteiger partial charge in [-0.25, -0.2) is 4.98 Å². The molecule has 3 aromatic rings. The molecular weight excluding hydrogens is 408 g/mol. The summed E-state index contributed by atoms with van der Waals surface area (Å²) in [6.45, 7) is 4.34. The predicted octanol–water partition coefficient (Wildman–Crippen LogP) is 5.86. The SMILES string of the molecule is CCCC(C)Nc1ncc2c(-c3ccc(C=O)cc3)cn(C3CCC(OS)CC3)c2n1. The molecule has 0 spiro atoms. The van der Waals surface area contributed by atoms with Gasteiger partial charge >= 0.3 is 0 Å². The molecule has 1 aliphatic carbocycles. The van der Waals surface area contributed by atoms with E-state index in [4.69, 9.17) is 9.17 Å². The van der Waals surface area contributed by atoms with E-state index in [0.717, 1.165) is 67.0 Å². The Morgan fingerprint density at radius 1 is 1.26 bits per heavy atom. The van der Waals surface area contributed by atoms with E-state index in [9.17, 15) is 4.79 Å². The zero-order valence-corrected chi connectivity index (χ0v) is 19.0. The number of aromatic nitrogens is 3. The Kier molecular flexibility index (Phi) is 6.92. The molecule has 0 bridgehead atoms. The first-order valence-electron chi connectivity index (χ1n) is 11.1. The highest BCUT2D eigenvalue weighted by molar-refractivity contribution is 7.75. The maximum atomic E-state index is 11.1. The third kappa shape index (κ3) is 4.77. The van der Waals surface area contributed by atoms with Crippen LogP contribution >= 0.6 is 12.9 Å². The fourth-order valence-corrected chi connectivity index (χ4v) is 4.71. The number of carbonyl (C=O) groups is 1. The number of carbonyl (C=O) groups excluding carboxylic acids is 1. The lowest BCUT2D eigenvalue weighted by molar-refractivity contribution is 0.112. The smallest absolute Gasteiger partial charge is 0.224 e. The van der Waals surface area contributed by atoms with Crippen molar-refractivity contribution in [1.82, 2.24) is 14.5 Å². The summed E-state index contributed by atoms with van der Waals surface area (Å²) in [5.41, 5.74) is 3.77. The van der Waals surface area contributed by atoms with Gasteiger partial charge in [0.15, 0.2) is 0 Å². The molecule has 1 fully saturated rings. The van der Waals surface area contributed by atoms with Crippen LogP contribution in [0.2, 0.25) is 0 Å². The number of nitrogens with zero attached hydrogens (tertiary/aromatic N) is 3. The molecule has 0 amide bonds. The van der Waals surface area contributed by atoms with Crippen molar-refractivity contribution in [1.29, 1.82) is 0 Å². The Morgan fingerprint density at radius 2 is 2.00 bits per heavy atom. The van der Waals surface area contributed by atoms with E-state index >= 15 is 0 Å². The molecule has 1 N–H and O–H groups in total. The Labute approximate surface area is 189 Å². The second-order valence-electron chi connectivity index (χ2n) is 8.49. The topological polar surface area (TPSA) is 69.0 Å². The molecule has 1 unspecified atom stereocenters. The highest BCUT2D eigenvalue weighted by Crippen LogP contribution is 2.37. The van der Waals surface area contributed by atoms with Crippen LogP contribution in [-0.2, 0) is 4.18 Å². The van der Waals surface area contributed by atoms with Crippen LogP contribution in [0.4, 0.5) is 5.95 Å². The first kappa shape index (κ1) is 21.8. The van der Waals surface area contributed by atoms with Gasteiger partial charge in [-0.15, -0.1) is 0 Å². The molecule has 7 heteroatoms. The average molecular weight is 439 g/mol. The minimum absolute atomic E-state index is 0.221. The van der Waals surface area contributed by atoms with Crippen molar-refractivity contribution in [3.8, 4) is 11.1 Å². The minimum Gasteiger partial charge on any atom is -0.352 e. The summed E-state index contributed by atoms with van der Waals surface area (Å²) in [6, 6.07) is 8.37. The number of hydrogen-bond donors (Lipinski definition) is 2. The molecular formula is C24H30N4O2S. The first-order chi connectivity index (χ1) is 15.1. The molecule has 1 saturated carbocycles. The molecule has 0 aliphatic heterocycles. The van der Waals surface area contributed by atoms with E-state index in [0.29, 0.717) is 23.6 Å². The van der Waals surface area contributed by atoms with E-state index in [1.807, 2.05) is 30.5 Å². The van der Waals surface area contributed by atoms with E-state index in [1.54, 1.807) is 0 Å². The van der Waals surface area contributed by atoms with Gasteiger partial charge in [-0.05, 0) is 57.5 Å². The van der Waals surface area contributed by atoms with Crippen LogP contribution in [0.1, 0.15) is 68.8 Å². The van der Waals surface area contributed by atoms with Gasteiger partial charge in [-0.1, -0.05) is 37.6 Å². The van der Waals surface area contributed by atoms with Gasteiger partial charge in [0.2, 0.25) is 5.95 Å². The van der Waals surface area contributed by atoms with Crippen LogP contribution in [-0.4, -0.2) is 33.0 Å². The second kappa shape index (κ2) is 9.83. The number of nitrogens with one attached hydrogen (secondary N) is 1. The lowest BCUT2D eigenvalue weighted by Gasteiger charge is -2.28. The number of hydrogen-bond acceptors (Lipinski definition) is 6. The van der Waals surface area contributed by atoms with E-state index in [2.05, 4.69) is 47.8 Å². The number of benzene rings is 1. The lowest BCUT2D eigenvalue weighted by Crippen LogP contribution is -2.22. The molecule has 4 rings (SSSR count). The van der Waals surface area contributed by atoms with Crippen LogP contribution in [0, 0.1) is 0 Å². The van der Waals surface area contributed by atoms with Crippen molar-refractivity contribution in [2.24, 2.45) is 0 Å². The fourth-order valence-electron chi connectivity index (χ4n) is 4.50.